The van der Waals surface area contributed by atoms with Crippen LogP contribution in [0.25, 0.3) is 0 Å². The van der Waals surface area contributed by atoms with Gasteiger partial charge in [0.05, 0.1) is 10.8 Å². The highest BCUT2D eigenvalue weighted by Gasteiger charge is 2.39. The van der Waals surface area contributed by atoms with Crippen LogP contribution < -0.4 is 5.32 Å². The minimum atomic E-state index is -0.222. The minimum Gasteiger partial charge on any atom is -0.250 e. The van der Waals surface area contributed by atoms with E-state index in [-0.39, 0.29) is 12.1 Å². The highest BCUT2D eigenvalue weighted by atomic mass is 16.8. The van der Waals surface area contributed by atoms with Crippen LogP contribution in [0, 0.1) is 10.8 Å². The van der Waals surface area contributed by atoms with Crippen molar-refractivity contribution in [3.05, 3.63) is 16.6 Å². The summed E-state index contributed by atoms with van der Waals surface area (Å²) in [4.78, 5) is 16.5. The largest absolute Gasteiger partial charge is 0.317 e. The van der Waals surface area contributed by atoms with Crippen LogP contribution in [-0.4, -0.2) is 24.7 Å². The first kappa shape index (κ1) is 10.2. The highest BCUT2D eigenvalue weighted by Crippen LogP contribution is 2.19. The fraction of sp³-hybridized carbons (Fsp3) is 0.778. The van der Waals surface area contributed by atoms with Crippen molar-refractivity contribution < 1.29 is 9.76 Å². The summed E-state index contributed by atoms with van der Waals surface area (Å²) < 4.78 is 0. The van der Waals surface area contributed by atoms with Gasteiger partial charge >= 0.3 is 6.17 Å². The molecular weight excluding hydrogens is 168 g/mol. The Hall–Kier alpha value is -0.900. The van der Waals surface area contributed by atoms with Gasteiger partial charge in [0.15, 0.2) is 7.11 Å². The number of hydrogen-bond donors (Lipinski definition) is 1. The monoisotopic (exact) mass is 185 g/mol. The van der Waals surface area contributed by atoms with Gasteiger partial charge in [-0.05, 0) is 20.3 Å². The van der Waals surface area contributed by atoms with Gasteiger partial charge in [0, 0.05) is 6.54 Å². The molecule has 2 atom stereocenters. The summed E-state index contributed by atoms with van der Waals surface area (Å²) in [6.07, 6.45) is 2.90. The van der Waals surface area contributed by atoms with Gasteiger partial charge in [0.1, 0.15) is 0 Å². The average Bonchev–Trinajstić information content (AvgIpc) is 2.50. The lowest BCUT2D eigenvalue weighted by Gasteiger charge is -2.05. The molecule has 0 aliphatic carbocycles. The molecule has 13 heavy (non-hydrogen) atoms. The maximum Gasteiger partial charge on any atom is 0.317 e. The van der Waals surface area contributed by atoms with Crippen molar-refractivity contribution >= 4 is 0 Å². The second-order valence-corrected chi connectivity index (χ2v) is 3.56. The molecule has 1 aliphatic heterocycles. The third-order valence-corrected chi connectivity index (χ3v) is 2.19. The predicted molar refractivity (Wildman–Crippen MR) is 50.0 cm³/mol. The quantitative estimate of drug-likeness (QED) is 0.531. The van der Waals surface area contributed by atoms with Gasteiger partial charge in [-0.2, -0.15) is 0 Å². The van der Waals surface area contributed by atoms with E-state index in [0.717, 1.165) is 13.0 Å². The summed E-state index contributed by atoms with van der Waals surface area (Å²) in [5, 5.41) is 3.11. The van der Waals surface area contributed by atoms with Crippen molar-refractivity contribution in [2.24, 2.45) is 5.92 Å². The van der Waals surface area contributed by atoms with Gasteiger partial charge in [-0.3, -0.25) is 5.32 Å². The summed E-state index contributed by atoms with van der Waals surface area (Å²) in [5.41, 5.74) is 1.24. The van der Waals surface area contributed by atoms with Crippen LogP contribution in [0.15, 0.2) is 11.6 Å². The van der Waals surface area contributed by atoms with E-state index >= 15 is 0 Å². The van der Waals surface area contributed by atoms with Crippen LogP contribution in [0.2, 0.25) is 0 Å². The molecule has 4 nitrogen and oxygen atoms in total. The van der Waals surface area contributed by atoms with E-state index in [2.05, 4.69) is 16.2 Å². The number of hydrogen-bond acceptors (Lipinski definition) is 3. The van der Waals surface area contributed by atoms with Gasteiger partial charge in [-0.25, -0.2) is 4.84 Å². The van der Waals surface area contributed by atoms with Crippen molar-refractivity contribution in [3.63, 3.8) is 0 Å². The van der Waals surface area contributed by atoms with Gasteiger partial charge < -0.3 is 0 Å². The third kappa shape index (κ3) is 2.52. The molecule has 0 aromatic rings. The summed E-state index contributed by atoms with van der Waals surface area (Å²) in [6, 6.07) is 0. The van der Waals surface area contributed by atoms with Gasteiger partial charge in [-0.1, -0.05) is 11.6 Å². The van der Waals surface area contributed by atoms with E-state index in [1.807, 2.05) is 13.8 Å². The van der Waals surface area contributed by atoms with Crippen molar-refractivity contribution in [2.45, 2.75) is 26.4 Å². The lowest BCUT2D eigenvalue weighted by molar-refractivity contribution is -0.824. The normalized spacial score (nSPS) is 27.0. The van der Waals surface area contributed by atoms with Crippen LogP contribution >= 0.6 is 0 Å². The molecule has 0 aromatic heterocycles. The first-order valence-electron chi connectivity index (χ1n) is 4.54. The fourth-order valence-corrected chi connectivity index (χ4v) is 1.65. The summed E-state index contributed by atoms with van der Waals surface area (Å²) in [7, 11) is 1.40. The van der Waals surface area contributed by atoms with Gasteiger partial charge in [-0.15, -0.1) is 0 Å². The van der Waals surface area contributed by atoms with E-state index in [1.54, 1.807) is 0 Å². The van der Waals surface area contributed by atoms with Gasteiger partial charge in [0.2, 0.25) is 4.92 Å². The standard InChI is InChI=1S/C9H17N2O2/c1-7(2)6-8-4-5-10-9(8)11(12)13-3/h6,8-10H,4-5H2,1-3H3/q+1. The SMILES string of the molecule is CO[N+](=O)C1NCCC1C=C(C)C. The first-order valence-corrected chi connectivity index (χ1v) is 4.54. The zero-order valence-electron chi connectivity index (χ0n) is 8.41. The Kier molecular flexibility index (Phi) is 3.42. The van der Waals surface area contributed by atoms with E-state index in [0.29, 0.717) is 4.92 Å². The highest BCUT2D eigenvalue weighted by molar-refractivity contribution is 5.01. The minimum absolute atomic E-state index is 0.222. The molecule has 0 radical (unpaired) electrons. The molecule has 1 N–H and O–H groups in total. The molecule has 1 rings (SSSR count). The summed E-state index contributed by atoms with van der Waals surface area (Å²) in [6.45, 7) is 4.95. The number of allylic oxidation sites excluding steroid dienone is 1. The Morgan fingerprint density at radius 1 is 1.62 bits per heavy atom. The second-order valence-electron chi connectivity index (χ2n) is 3.56. The van der Waals surface area contributed by atoms with E-state index in [4.69, 9.17) is 0 Å². The third-order valence-electron chi connectivity index (χ3n) is 2.19. The zero-order valence-corrected chi connectivity index (χ0v) is 8.41. The molecule has 1 heterocycles. The molecule has 0 bridgehead atoms. The van der Waals surface area contributed by atoms with Crippen molar-refractivity contribution in [2.75, 3.05) is 13.7 Å². The molecule has 2 unspecified atom stereocenters. The zero-order chi connectivity index (χ0) is 9.84. The molecule has 1 fully saturated rings. The van der Waals surface area contributed by atoms with Crippen LogP contribution in [0.3, 0.4) is 0 Å². The molecule has 0 spiro atoms. The van der Waals surface area contributed by atoms with E-state index in [1.165, 1.54) is 12.7 Å². The maximum atomic E-state index is 11.2. The Balaban J connectivity index is 2.64. The van der Waals surface area contributed by atoms with Crippen LogP contribution in [0.5, 0.6) is 0 Å². The first-order chi connectivity index (χ1) is 6.15. The Morgan fingerprint density at radius 3 is 2.85 bits per heavy atom. The Morgan fingerprint density at radius 2 is 2.31 bits per heavy atom. The van der Waals surface area contributed by atoms with Crippen LogP contribution in [0.1, 0.15) is 20.3 Å². The number of nitrogens with zero attached hydrogens (tertiary/aromatic N) is 1. The second kappa shape index (κ2) is 4.37. The molecular formula is C9H17N2O2+. The molecule has 0 saturated carbocycles. The number of rotatable bonds is 3. The van der Waals surface area contributed by atoms with Crippen molar-refractivity contribution in [1.82, 2.24) is 5.32 Å². The van der Waals surface area contributed by atoms with E-state index < -0.39 is 0 Å². The molecule has 1 aliphatic rings. The topological polar surface area (TPSA) is 41.3 Å². The molecule has 0 amide bonds. The molecule has 74 valence electrons. The number of nitrogens with one attached hydrogen (secondary N) is 1. The van der Waals surface area contributed by atoms with Crippen molar-refractivity contribution in [3.8, 4) is 0 Å². The predicted octanol–water partition coefficient (Wildman–Crippen LogP) is 1.23. The Bertz CT molecular complexity index is 222. The van der Waals surface area contributed by atoms with Gasteiger partial charge in [0.25, 0.3) is 0 Å². The van der Waals surface area contributed by atoms with Crippen LogP contribution in [0.4, 0.5) is 0 Å². The van der Waals surface area contributed by atoms with Crippen molar-refractivity contribution in [1.29, 1.82) is 0 Å². The lowest BCUT2D eigenvalue weighted by Crippen LogP contribution is -2.36. The Labute approximate surface area is 78.5 Å². The molecule has 1 saturated heterocycles. The maximum absolute atomic E-state index is 11.2. The smallest absolute Gasteiger partial charge is 0.250 e. The molecule has 0 aromatic carbocycles. The van der Waals surface area contributed by atoms with E-state index in [9.17, 15) is 4.91 Å². The average molecular weight is 185 g/mol. The fourth-order valence-electron chi connectivity index (χ4n) is 1.65. The lowest BCUT2D eigenvalue weighted by atomic mass is 10.0. The van der Waals surface area contributed by atoms with Crippen LogP contribution in [-0.2, 0) is 4.84 Å². The summed E-state index contributed by atoms with van der Waals surface area (Å²) >= 11 is 0. The summed E-state index contributed by atoms with van der Waals surface area (Å²) in [5.74, 6) is 0.266. The molecule has 4 heteroatoms.